The van der Waals surface area contributed by atoms with Crippen molar-refractivity contribution < 1.29 is 9.13 Å². The molecule has 0 amide bonds. The van der Waals surface area contributed by atoms with Gasteiger partial charge in [-0.05, 0) is 19.1 Å². The molecule has 0 bridgehead atoms. The van der Waals surface area contributed by atoms with Gasteiger partial charge in [0.2, 0.25) is 0 Å². The van der Waals surface area contributed by atoms with E-state index in [4.69, 9.17) is 7.85 Å². The van der Waals surface area contributed by atoms with E-state index in [1.807, 2.05) is 0 Å². The third kappa shape index (κ3) is 2.22. The maximum absolute atomic E-state index is 12.1. The first-order chi connectivity index (χ1) is 5.20. The van der Waals surface area contributed by atoms with Crippen molar-refractivity contribution in [1.82, 2.24) is 4.98 Å². The van der Waals surface area contributed by atoms with Crippen molar-refractivity contribution in [2.45, 2.75) is 13.2 Å². The molecule has 2 radical (unpaired) electrons. The van der Waals surface area contributed by atoms with E-state index in [0.717, 1.165) is 0 Å². The highest BCUT2D eigenvalue weighted by molar-refractivity contribution is 6.10. The highest BCUT2D eigenvalue weighted by atomic mass is 19.1. The predicted octanol–water partition coefficient (Wildman–Crippen LogP) is 1.19. The summed E-state index contributed by atoms with van der Waals surface area (Å²) >= 11 is 0. The molecule has 0 N–H and O–H groups in total. The van der Waals surface area contributed by atoms with E-state index in [9.17, 15) is 4.39 Å². The van der Waals surface area contributed by atoms with Gasteiger partial charge in [0.1, 0.15) is 5.75 Å². The number of halogens is 1. The van der Waals surface area contributed by atoms with Crippen LogP contribution in [0.1, 0.15) is 5.69 Å². The number of alkyl halides is 1. The average molecular weight is 151 g/mol. The van der Waals surface area contributed by atoms with Crippen LogP contribution < -0.4 is 4.74 Å². The van der Waals surface area contributed by atoms with Gasteiger partial charge in [-0.2, -0.15) is 0 Å². The van der Waals surface area contributed by atoms with Crippen LogP contribution in [0.2, 0.25) is 0 Å². The number of pyridine rings is 1. The molecular formula is C7H7BFNO. The summed E-state index contributed by atoms with van der Waals surface area (Å²) < 4.78 is 16.7. The quantitative estimate of drug-likeness (QED) is 0.592. The summed E-state index contributed by atoms with van der Waals surface area (Å²) in [5, 5.41) is 0. The highest BCUT2D eigenvalue weighted by Crippen LogP contribution is 2.14. The Balaban J connectivity index is 2.78. The second-order valence-electron chi connectivity index (χ2n) is 2.06. The zero-order valence-electron chi connectivity index (χ0n) is 6.12. The molecule has 0 saturated heterocycles. The zero-order valence-corrected chi connectivity index (χ0v) is 6.12. The molecular weight excluding hydrogens is 144 g/mol. The summed E-state index contributed by atoms with van der Waals surface area (Å²) in [6, 6.07) is 3.27. The van der Waals surface area contributed by atoms with Crippen molar-refractivity contribution in [3.63, 3.8) is 0 Å². The lowest BCUT2D eigenvalue weighted by molar-refractivity contribution is 0.144. The molecule has 0 aliphatic heterocycles. The molecule has 11 heavy (non-hydrogen) atoms. The Bertz CT molecular complexity index is 242. The van der Waals surface area contributed by atoms with E-state index in [1.54, 1.807) is 25.3 Å². The fraction of sp³-hybridized carbons (Fsp3) is 0.286. The molecule has 1 rings (SSSR count). The van der Waals surface area contributed by atoms with Crippen LogP contribution in [0, 0.1) is 6.92 Å². The Morgan fingerprint density at radius 2 is 2.45 bits per heavy atom. The summed E-state index contributed by atoms with van der Waals surface area (Å²) in [6.45, 7) is 1.72. The second kappa shape index (κ2) is 3.37. The number of ether oxygens (including phenoxy) is 1. The summed E-state index contributed by atoms with van der Waals surface area (Å²) in [4.78, 5) is 3.88. The molecule has 0 spiro atoms. The Labute approximate surface area is 65.8 Å². The standard InChI is InChI=1S/C7H7BFNO/c1-5-6(11-7(8)9)3-2-4-10-5/h2-4,7H,1H3. The fourth-order valence-electron chi connectivity index (χ4n) is 0.715. The number of hydrogen-bond donors (Lipinski definition) is 0. The molecule has 1 unspecified atom stereocenters. The summed E-state index contributed by atoms with van der Waals surface area (Å²) in [5.41, 5.74) is 0.626. The van der Waals surface area contributed by atoms with E-state index in [2.05, 4.69) is 9.72 Å². The molecule has 0 aliphatic rings. The number of hydrogen-bond acceptors (Lipinski definition) is 2. The van der Waals surface area contributed by atoms with E-state index in [-0.39, 0.29) is 0 Å². The van der Waals surface area contributed by atoms with Crippen molar-refractivity contribution >= 4 is 7.85 Å². The van der Waals surface area contributed by atoms with Crippen LogP contribution >= 0.6 is 0 Å². The number of aromatic nitrogens is 1. The van der Waals surface area contributed by atoms with Gasteiger partial charge in [-0.3, -0.25) is 4.98 Å². The maximum atomic E-state index is 12.1. The molecule has 0 fully saturated rings. The predicted molar refractivity (Wildman–Crippen MR) is 40.3 cm³/mol. The number of aryl methyl sites for hydroxylation is 1. The largest absolute Gasteiger partial charge is 0.468 e. The van der Waals surface area contributed by atoms with Gasteiger partial charge in [0.15, 0.2) is 14.1 Å². The average Bonchev–Trinajstić information content (AvgIpc) is 1.93. The Hall–Kier alpha value is -1.06. The first kappa shape index (κ1) is 8.05. The molecule has 0 aromatic carbocycles. The lowest BCUT2D eigenvalue weighted by atomic mass is 10.2. The molecule has 1 atom stereocenters. The monoisotopic (exact) mass is 151 g/mol. The van der Waals surface area contributed by atoms with Crippen LogP contribution in [0.5, 0.6) is 5.75 Å². The minimum atomic E-state index is -1.78. The lowest BCUT2D eigenvalue weighted by Gasteiger charge is -2.08. The van der Waals surface area contributed by atoms with Crippen LogP contribution in [0.25, 0.3) is 0 Å². The van der Waals surface area contributed by atoms with Gasteiger partial charge in [-0.1, -0.05) is 0 Å². The third-order valence-corrected chi connectivity index (χ3v) is 1.20. The molecule has 0 saturated carbocycles. The minimum Gasteiger partial charge on any atom is -0.468 e. The zero-order chi connectivity index (χ0) is 8.27. The van der Waals surface area contributed by atoms with Crippen LogP contribution in [0.4, 0.5) is 4.39 Å². The number of nitrogens with zero attached hydrogens (tertiary/aromatic N) is 1. The van der Waals surface area contributed by atoms with Gasteiger partial charge in [-0.15, -0.1) is 0 Å². The Morgan fingerprint density at radius 1 is 1.73 bits per heavy atom. The van der Waals surface area contributed by atoms with Crippen LogP contribution in [0.15, 0.2) is 18.3 Å². The smallest absolute Gasteiger partial charge is 0.188 e. The molecule has 1 aromatic rings. The molecule has 0 aliphatic carbocycles. The van der Waals surface area contributed by atoms with Crippen molar-refractivity contribution in [2.75, 3.05) is 0 Å². The van der Waals surface area contributed by atoms with Crippen molar-refractivity contribution in [1.29, 1.82) is 0 Å². The molecule has 1 heterocycles. The van der Waals surface area contributed by atoms with Gasteiger partial charge in [-0.25, -0.2) is 4.39 Å². The van der Waals surface area contributed by atoms with Gasteiger partial charge in [0.25, 0.3) is 0 Å². The molecule has 1 aromatic heterocycles. The summed E-state index contributed by atoms with van der Waals surface area (Å²) in [6.07, 6.45) is -0.177. The molecule has 56 valence electrons. The van der Waals surface area contributed by atoms with Gasteiger partial charge < -0.3 is 4.74 Å². The SMILES string of the molecule is [B]C(F)Oc1cccnc1C. The highest BCUT2D eigenvalue weighted by Gasteiger charge is 2.02. The third-order valence-electron chi connectivity index (χ3n) is 1.20. The normalized spacial score (nSPS) is 12.5. The summed E-state index contributed by atoms with van der Waals surface area (Å²) in [7, 11) is 4.78. The lowest BCUT2D eigenvalue weighted by Crippen LogP contribution is -2.09. The van der Waals surface area contributed by atoms with E-state index < -0.39 is 6.26 Å². The first-order valence-corrected chi connectivity index (χ1v) is 3.18. The summed E-state index contributed by atoms with van der Waals surface area (Å²) in [5.74, 6) is 0.377. The van der Waals surface area contributed by atoms with Gasteiger partial charge in [0.05, 0.1) is 5.69 Å². The van der Waals surface area contributed by atoms with Crippen LogP contribution in [-0.4, -0.2) is 19.1 Å². The van der Waals surface area contributed by atoms with E-state index in [0.29, 0.717) is 11.4 Å². The molecule has 2 nitrogen and oxygen atoms in total. The Morgan fingerprint density at radius 3 is 3.00 bits per heavy atom. The Kier molecular flexibility index (Phi) is 2.46. The fourth-order valence-corrected chi connectivity index (χ4v) is 0.715. The van der Waals surface area contributed by atoms with Crippen LogP contribution in [0.3, 0.4) is 0 Å². The topological polar surface area (TPSA) is 22.1 Å². The molecule has 4 heteroatoms. The number of rotatable bonds is 2. The van der Waals surface area contributed by atoms with E-state index in [1.165, 1.54) is 0 Å². The minimum absolute atomic E-state index is 0.377. The van der Waals surface area contributed by atoms with Crippen molar-refractivity contribution in [3.05, 3.63) is 24.0 Å². The van der Waals surface area contributed by atoms with Crippen molar-refractivity contribution in [2.24, 2.45) is 0 Å². The van der Waals surface area contributed by atoms with Crippen molar-refractivity contribution in [3.8, 4) is 5.75 Å². The first-order valence-electron chi connectivity index (χ1n) is 3.18. The van der Waals surface area contributed by atoms with E-state index >= 15 is 0 Å². The van der Waals surface area contributed by atoms with Gasteiger partial charge in [0, 0.05) is 6.20 Å². The second-order valence-corrected chi connectivity index (χ2v) is 2.06. The maximum Gasteiger partial charge on any atom is 0.188 e. The van der Waals surface area contributed by atoms with Gasteiger partial charge >= 0.3 is 0 Å². The van der Waals surface area contributed by atoms with Crippen LogP contribution in [-0.2, 0) is 0 Å².